The summed E-state index contributed by atoms with van der Waals surface area (Å²) in [5.41, 5.74) is 4.43. The van der Waals surface area contributed by atoms with E-state index in [1.165, 1.54) is 12.1 Å². The summed E-state index contributed by atoms with van der Waals surface area (Å²) >= 11 is 0. The van der Waals surface area contributed by atoms with Gasteiger partial charge in [0.15, 0.2) is 6.61 Å². The second-order valence-corrected chi connectivity index (χ2v) is 5.82. The fraction of sp³-hybridized carbons (Fsp3) is 0.278. The van der Waals surface area contributed by atoms with Gasteiger partial charge in [-0.05, 0) is 51.0 Å². The molecular weight excluding hydrogens is 308 g/mol. The van der Waals surface area contributed by atoms with E-state index in [0.717, 1.165) is 22.4 Å². The predicted octanol–water partition coefficient (Wildman–Crippen LogP) is 3.85. The number of anilines is 1. The molecule has 24 heavy (non-hydrogen) atoms. The van der Waals surface area contributed by atoms with E-state index in [1.54, 1.807) is 13.0 Å². The molecule has 126 valence electrons. The lowest BCUT2D eigenvalue weighted by Gasteiger charge is -2.13. The van der Waals surface area contributed by atoms with Gasteiger partial charge in [0.1, 0.15) is 5.75 Å². The maximum Gasteiger partial charge on any atom is 0.272 e. The Morgan fingerprint density at radius 2 is 1.71 bits per heavy atom. The fourth-order valence-corrected chi connectivity index (χ4v) is 2.62. The lowest BCUT2D eigenvalue weighted by Crippen LogP contribution is -2.21. The van der Waals surface area contributed by atoms with Crippen LogP contribution in [0.3, 0.4) is 0 Å². The Morgan fingerprint density at radius 1 is 1.08 bits per heavy atom. The Labute approximate surface area is 140 Å². The molecule has 0 saturated heterocycles. The zero-order valence-electron chi connectivity index (χ0n) is 14.2. The van der Waals surface area contributed by atoms with Gasteiger partial charge in [-0.1, -0.05) is 17.7 Å². The highest BCUT2D eigenvalue weighted by atomic mass is 16.6. The molecular formula is C18H20N2O4. The molecule has 0 aliphatic rings. The van der Waals surface area contributed by atoms with Gasteiger partial charge in [-0.3, -0.25) is 14.9 Å². The highest BCUT2D eigenvalue weighted by Gasteiger charge is 2.12. The summed E-state index contributed by atoms with van der Waals surface area (Å²) in [7, 11) is 0. The van der Waals surface area contributed by atoms with Gasteiger partial charge < -0.3 is 10.1 Å². The molecule has 6 nitrogen and oxygen atoms in total. The monoisotopic (exact) mass is 328 g/mol. The second-order valence-electron chi connectivity index (χ2n) is 5.82. The van der Waals surface area contributed by atoms with Crippen LogP contribution in [-0.4, -0.2) is 17.4 Å². The van der Waals surface area contributed by atoms with Crippen LogP contribution in [-0.2, 0) is 4.79 Å². The number of ether oxygens (including phenoxy) is 1. The first-order valence-electron chi connectivity index (χ1n) is 7.53. The Bertz CT molecular complexity index is 777. The van der Waals surface area contributed by atoms with Crippen molar-refractivity contribution < 1.29 is 14.5 Å². The third kappa shape index (κ3) is 4.10. The summed E-state index contributed by atoms with van der Waals surface area (Å²) in [6.45, 7) is 7.35. The zero-order chi connectivity index (χ0) is 17.9. The number of hydrogen-bond donors (Lipinski definition) is 1. The minimum atomic E-state index is -0.450. The fourth-order valence-electron chi connectivity index (χ4n) is 2.62. The first kappa shape index (κ1) is 17.5. The van der Waals surface area contributed by atoms with Crippen LogP contribution in [0, 0.1) is 37.8 Å². The number of carbonyl (C=O) groups excluding carboxylic acids is 1. The van der Waals surface area contributed by atoms with Crippen LogP contribution in [0.15, 0.2) is 30.3 Å². The number of nitrogens with one attached hydrogen (secondary N) is 1. The van der Waals surface area contributed by atoms with Crippen LogP contribution >= 0.6 is 0 Å². The van der Waals surface area contributed by atoms with Gasteiger partial charge in [-0.2, -0.15) is 0 Å². The van der Waals surface area contributed by atoms with Crippen molar-refractivity contribution in [1.29, 1.82) is 0 Å². The van der Waals surface area contributed by atoms with E-state index in [4.69, 9.17) is 4.74 Å². The molecule has 0 aliphatic carbocycles. The van der Waals surface area contributed by atoms with Crippen molar-refractivity contribution in [2.75, 3.05) is 11.9 Å². The Morgan fingerprint density at radius 3 is 2.25 bits per heavy atom. The summed E-state index contributed by atoms with van der Waals surface area (Å²) in [6.07, 6.45) is 0. The summed E-state index contributed by atoms with van der Waals surface area (Å²) < 4.78 is 5.42. The minimum absolute atomic E-state index is 0.0257. The van der Waals surface area contributed by atoms with Crippen molar-refractivity contribution in [3.63, 3.8) is 0 Å². The third-order valence-electron chi connectivity index (χ3n) is 3.68. The van der Waals surface area contributed by atoms with Crippen molar-refractivity contribution in [3.05, 3.63) is 62.7 Å². The van der Waals surface area contributed by atoms with Crippen molar-refractivity contribution in [3.8, 4) is 5.75 Å². The lowest BCUT2D eigenvalue weighted by molar-refractivity contribution is -0.385. The van der Waals surface area contributed by atoms with Crippen LogP contribution in [0.4, 0.5) is 11.4 Å². The second kappa shape index (κ2) is 7.12. The molecule has 2 rings (SSSR count). The quantitative estimate of drug-likeness (QED) is 0.668. The first-order chi connectivity index (χ1) is 11.3. The average molecular weight is 328 g/mol. The number of nitro groups is 1. The molecule has 0 bridgehead atoms. The number of benzene rings is 2. The Balaban J connectivity index is 2.02. The topological polar surface area (TPSA) is 81.5 Å². The number of amides is 1. The van der Waals surface area contributed by atoms with Crippen molar-refractivity contribution in [2.45, 2.75) is 27.7 Å². The van der Waals surface area contributed by atoms with E-state index in [9.17, 15) is 14.9 Å². The molecule has 0 atom stereocenters. The Kier molecular flexibility index (Phi) is 5.18. The van der Waals surface area contributed by atoms with Crippen LogP contribution in [0.5, 0.6) is 5.75 Å². The molecule has 0 aromatic heterocycles. The van der Waals surface area contributed by atoms with Crippen molar-refractivity contribution >= 4 is 17.3 Å². The van der Waals surface area contributed by atoms with Gasteiger partial charge in [0, 0.05) is 17.3 Å². The molecule has 1 amide bonds. The molecule has 0 saturated carbocycles. The molecule has 0 unspecified atom stereocenters. The van der Waals surface area contributed by atoms with Gasteiger partial charge >= 0.3 is 0 Å². The summed E-state index contributed by atoms with van der Waals surface area (Å²) in [5, 5.41) is 13.6. The van der Waals surface area contributed by atoms with E-state index in [1.807, 2.05) is 32.9 Å². The number of rotatable bonds is 5. The third-order valence-corrected chi connectivity index (χ3v) is 3.68. The molecule has 1 N–H and O–H groups in total. The van der Waals surface area contributed by atoms with Crippen LogP contribution < -0.4 is 10.1 Å². The average Bonchev–Trinajstić information content (AvgIpc) is 2.48. The molecule has 2 aromatic rings. The maximum absolute atomic E-state index is 12.1. The zero-order valence-corrected chi connectivity index (χ0v) is 14.2. The van der Waals surface area contributed by atoms with E-state index < -0.39 is 4.92 Å². The number of nitrogens with zero attached hydrogens (tertiary/aromatic N) is 1. The van der Waals surface area contributed by atoms with Gasteiger partial charge in [0.05, 0.1) is 4.92 Å². The normalized spacial score (nSPS) is 10.3. The molecule has 0 radical (unpaired) electrons. The molecule has 0 spiro atoms. The standard InChI is InChI=1S/C18H20N2O4/c1-11-7-13(3)18(14(4)8-11)19-17(21)10-24-15-5-6-16(20(22)23)12(2)9-15/h5-9H,10H2,1-4H3,(H,19,21). The van der Waals surface area contributed by atoms with E-state index in [0.29, 0.717) is 11.3 Å². The summed E-state index contributed by atoms with van der Waals surface area (Å²) in [5.74, 6) is 0.145. The van der Waals surface area contributed by atoms with Crippen LogP contribution in [0.2, 0.25) is 0 Å². The summed E-state index contributed by atoms with van der Waals surface area (Å²) in [6, 6.07) is 8.41. The highest BCUT2D eigenvalue weighted by molar-refractivity contribution is 5.93. The van der Waals surface area contributed by atoms with Gasteiger partial charge in [0.2, 0.25) is 0 Å². The lowest BCUT2D eigenvalue weighted by atomic mass is 10.1. The highest BCUT2D eigenvalue weighted by Crippen LogP contribution is 2.24. The molecule has 6 heteroatoms. The van der Waals surface area contributed by atoms with Gasteiger partial charge in [0.25, 0.3) is 11.6 Å². The number of aryl methyl sites for hydroxylation is 4. The van der Waals surface area contributed by atoms with Gasteiger partial charge in [-0.25, -0.2) is 0 Å². The van der Waals surface area contributed by atoms with Crippen LogP contribution in [0.25, 0.3) is 0 Å². The largest absolute Gasteiger partial charge is 0.484 e. The number of nitro benzene ring substituents is 1. The van der Waals surface area contributed by atoms with E-state index in [-0.39, 0.29) is 18.2 Å². The maximum atomic E-state index is 12.1. The van der Waals surface area contributed by atoms with Crippen molar-refractivity contribution in [1.82, 2.24) is 0 Å². The predicted molar refractivity (Wildman–Crippen MR) is 92.6 cm³/mol. The Hall–Kier alpha value is -2.89. The van der Waals surface area contributed by atoms with Gasteiger partial charge in [-0.15, -0.1) is 0 Å². The minimum Gasteiger partial charge on any atom is -0.484 e. The number of hydrogen-bond acceptors (Lipinski definition) is 4. The molecule has 0 aliphatic heterocycles. The SMILES string of the molecule is Cc1cc(C)c(NC(=O)COc2ccc([N+](=O)[O-])c(C)c2)c(C)c1. The molecule has 0 fully saturated rings. The van der Waals surface area contributed by atoms with E-state index >= 15 is 0 Å². The van der Waals surface area contributed by atoms with Crippen LogP contribution in [0.1, 0.15) is 22.3 Å². The van der Waals surface area contributed by atoms with E-state index in [2.05, 4.69) is 5.32 Å². The molecule has 2 aromatic carbocycles. The number of carbonyl (C=O) groups is 1. The smallest absolute Gasteiger partial charge is 0.272 e. The first-order valence-corrected chi connectivity index (χ1v) is 7.53. The van der Waals surface area contributed by atoms with Crippen molar-refractivity contribution in [2.24, 2.45) is 0 Å². The summed E-state index contributed by atoms with van der Waals surface area (Å²) in [4.78, 5) is 22.4. The molecule has 0 heterocycles.